The van der Waals surface area contributed by atoms with Crippen molar-refractivity contribution in [3.05, 3.63) is 54.1 Å². The summed E-state index contributed by atoms with van der Waals surface area (Å²) < 4.78 is 65.2. The smallest absolute Gasteiger partial charge is 0.481 e. The van der Waals surface area contributed by atoms with Crippen LogP contribution < -0.4 is 4.18 Å². The van der Waals surface area contributed by atoms with Gasteiger partial charge in [0.15, 0.2) is 0 Å². The first-order valence-corrected chi connectivity index (χ1v) is 8.93. The minimum absolute atomic E-state index is 0.0438. The Bertz CT molecular complexity index is 766. The van der Waals surface area contributed by atoms with Crippen LogP contribution in [0, 0.1) is 5.92 Å². The first-order chi connectivity index (χ1) is 11.9. The Hall–Kier alpha value is -2.29. The molecule has 1 rings (SSSR count). The zero-order chi connectivity index (χ0) is 20.1. The molecule has 5 nitrogen and oxygen atoms in total. The van der Waals surface area contributed by atoms with Crippen molar-refractivity contribution in [3.63, 3.8) is 0 Å². The summed E-state index contributed by atoms with van der Waals surface area (Å²) in [6.45, 7) is 8.48. The third kappa shape index (κ3) is 5.35. The molecule has 26 heavy (non-hydrogen) atoms. The van der Waals surface area contributed by atoms with E-state index >= 15 is 0 Å². The van der Waals surface area contributed by atoms with E-state index < -0.39 is 33.3 Å². The average molecular weight is 392 g/mol. The molecular weight excluding hydrogens is 373 g/mol. The van der Waals surface area contributed by atoms with E-state index in [-0.39, 0.29) is 30.4 Å². The maximum atomic E-state index is 12.7. The zero-order valence-electron chi connectivity index (χ0n) is 14.0. The summed E-state index contributed by atoms with van der Waals surface area (Å²) in [5.74, 6) is -2.19. The van der Waals surface area contributed by atoms with Gasteiger partial charge in [-0.25, -0.2) is 0 Å². The number of allylic oxidation sites excluding steroid dienone is 2. The van der Waals surface area contributed by atoms with Gasteiger partial charge in [0.1, 0.15) is 5.75 Å². The highest BCUT2D eigenvalue weighted by molar-refractivity contribution is 7.88. The lowest BCUT2D eigenvalue weighted by Gasteiger charge is -2.18. The zero-order valence-corrected chi connectivity index (χ0v) is 14.9. The van der Waals surface area contributed by atoms with Gasteiger partial charge in [-0.05, 0) is 24.8 Å². The Balaban J connectivity index is 3.49. The number of alkyl halides is 3. The molecule has 0 fully saturated rings. The number of aliphatic carboxylic acids is 1. The number of rotatable bonds is 9. The summed E-state index contributed by atoms with van der Waals surface area (Å²) in [5, 5.41) is 9.02. The maximum absolute atomic E-state index is 12.7. The fourth-order valence-electron chi connectivity index (χ4n) is 2.26. The quantitative estimate of drug-likeness (QED) is 0.394. The summed E-state index contributed by atoms with van der Waals surface area (Å²) in [6, 6.07) is 2.85. The number of carboxylic acid groups (broad SMARTS) is 1. The third-order valence-corrected chi connectivity index (χ3v) is 4.42. The fourth-order valence-corrected chi connectivity index (χ4v) is 2.79. The number of carbonyl (C=O) groups is 1. The van der Waals surface area contributed by atoms with Crippen LogP contribution in [0.25, 0.3) is 0 Å². The van der Waals surface area contributed by atoms with Gasteiger partial charge in [0.05, 0.1) is 5.92 Å². The second-order valence-electron chi connectivity index (χ2n) is 5.66. The van der Waals surface area contributed by atoms with Crippen molar-refractivity contribution < 1.29 is 35.7 Å². The van der Waals surface area contributed by atoms with Gasteiger partial charge in [0, 0.05) is 11.1 Å². The lowest BCUT2D eigenvalue weighted by Crippen LogP contribution is -2.28. The highest BCUT2D eigenvalue weighted by atomic mass is 32.2. The Morgan fingerprint density at radius 2 is 1.69 bits per heavy atom. The molecular formula is C17H19F3O5S. The predicted molar refractivity (Wildman–Crippen MR) is 90.4 cm³/mol. The molecule has 9 heteroatoms. The van der Waals surface area contributed by atoms with Gasteiger partial charge >= 0.3 is 21.6 Å². The van der Waals surface area contributed by atoms with Crippen molar-refractivity contribution in [1.82, 2.24) is 0 Å². The highest BCUT2D eigenvalue weighted by Crippen LogP contribution is 2.34. The molecule has 0 heterocycles. The summed E-state index contributed by atoms with van der Waals surface area (Å²) in [6.07, 6.45) is 2.97. The summed E-state index contributed by atoms with van der Waals surface area (Å²) >= 11 is 0. The lowest BCUT2D eigenvalue weighted by molar-refractivity contribution is -0.141. The number of hydrogen-bond acceptors (Lipinski definition) is 4. The van der Waals surface area contributed by atoms with Crippen molar-refractivity contribution >= 4 is 16.1 Å². The van der Waals surface area contributed by atoms with Crippen LogP contribution in [0.2, 0.25) is 0 Å². The van der Waals surface area contributed by atoms with Gasteiger partial charge in [0.25, 0.3) is 0 Å². The number of benzene rings is 1. The highest BCUT2D eigenvalue weighted by Gasteiger charge is 2.49. The molecule has 0 radical (unpaired) electrons. The Morgan fingerprint density at radius 1 is 1.23 bits per heavy atom. The second kappa shape index (κ2) is 8.39. The van der Waals surface area contributed by atoms with Crippen molar-refractivity contribution in [2.24, 2.45) is 5.92 Å². The van der Waals surface area contributed by atoms with Crippen LogP contribution in [-0.2, 0) is 34.2 Å². The Morgan fingerprint density at radius 3 is 2.04 bits per heavy atom. The van der Waals surface area contributed by atoms with Crippen molar-refractivity contribution in [2.45, 2.75) is 31.7 Å². The van der Waals surface area contributed by atoms with Gasteiger partial charge in [-0.1, -0.05) is 31.2 Å². The van der Waals surface area contributed by atoms with Crippen LogP contribution in [-0.4, -0.2) is 25.0 Å². The monoisotopic (exact) mass is 392 g/mol. The van der Waals surface area contributed by atoms with E-state index in [4.69, 9.17) is 5.11 Å². The molecule has 0 aliphatic heterocycles. The van der Waals surface area contributed by atoms with Crippen LogP contribution in [0.5, 0.6) is 5.75 Å². The van der Waals surface area contributed by atoms with E-state index in [0.717, 1.165) is 0 Å². The molecule has 1 N–H and O–H groups in total. The van der Waals surface area contributed by atoms with Gasteiger partial charge in [-0.15, -0.1) is 13.2 Å². The molecule has 0 bridgehead atoms. The minimum Gasteiger partial charge on any atom is -0.481 e. The summed E-state index contributed by atoms with van der Waals surface area (Å²) in [5.41, 5.74) is -4.70. The van der Waals surface area contributed by atoms with E-state index in [0.29, 0.717) is 5.56 Å². The minimum atomic E-state index is -5.84. The largest absolute Gasteiger partial charge is 0.534 e. The van der Waals surface area contributed by atoms with Gasteiger partial charge in [0.2, 0.25) is 0 Å². The number of halogens is 3. The molecule has 1 aromatic carbocycles. The van der Waals surface area contributed by atoms with Crippen LogP contribution in [0.3, 0.4) is 0 Å². The van der Waals surface area contributed by atoms with E-state index in [1.165, 1.54) is 31.2 Å². The molecule has 0 aliphatic rings. The summed E-state index contributed by atoms with van der Waals surface area (Å²) in [4.78, 5) is 11.0. The number of carboxylic acids is 1. The predicted octanol–water partition coefficient (Wildman–Crippen LogP) is 3.64. The molecule has 0 spiro atoms. The molecule has 0 saturated heterocycles. The molecule has 1 aromatic rings. The first-order valence-electron chi connectivity index (χ1n) is 7.53. The van der Waals surface area contributed by atoms with Gasteiger partial charge in [-0.2, -0.15) is 21.6 Å². The van der Waals surface area contributed by atoms with Crippen molar-refractivity contribution in [2.75, 3.05) is 0 Å². The molecule has 144 valence electrons. The van der Waals surface area contributed by atoms with Crippen molar-refractivity contribution in [3.8, 4) is 5.75 Å². The maximum Gasteiger partial charge on any atom is 0.534 e. The Labute approximate surface area is 149 Å². The van der Waals surface area contributed by atoms with Crippen molar-refractivity contribution in [1.29, 1.82) is 0 Å². The third-order valence-electron chi connectivity index (χ3n) is 3.47. The standard InChI is InChI=1S/C17H19F3O5S/c1-4-6-13-9-12(8-11(3)16(21)22)10-14(7-5-2)15(13)25-26(23,24)17(18,19)20/h4-5,9-11H,1-2,6-8H2,3H3,(H,21,22). The molecule has 0 amide bonds. The SMILES string of the molecule is C=CCc1cc(CC(C)C(=O)O)cc(CC=C)c1OS(=O)(=O)C(F)(F)F. The van der Waals surface area contributed by atoms with E-state index in [9.17, 15) is 26.4 Å². The van der Waals surface area contributed by atoms with Crippen LogP contribution in [0.4, 0.5) is 13.2 Å². The molecule has 0 aliphatic carbocycles. The lowest BCUT2D eigenvalue weighted by atomic mass is 9.94. The van der Waals surface area contributed by atoms with Crippen LogP contribution in [0.15, 0.2) is 37.4 Å². The normalized spacial score (nSPS) is 13.1. The Kier molecular flexibility index (Phi) is 7.02. The number of hydrogen-bond donors (Lipinski definition) is 1. The average Bonchev–Trinajstić information content (AvgIpc) is 2.49. The molecule has 0 aromatic heterocycles. The van der Waals surface area contributed by atoms with E-state index in [2.05, 4.69) is 17.3 Å². The van der Waals surface area contributed by atoms with Crippen LogP contribution in [0.1, 0.15) is 23.6 Å². The van der Waals surface area contributed by atoms with E-state index in [1.807, 2.05) is 0 Å². The summed E-state index contributed by atoms with van der Waals surface area (Å²) in [7, 11) is -5.84. The fraction of sp³-hybridized carbons (Fsp3) is 0.353. The van der Waals surface area contributed by atoms with Gasteiger partial charge in [-0.3, -0.25) is 4.79 Å². The topological polar surface area (TPSA) is 80.7 Å². The first kappa shape index (κ1) is 21.8. The molecule has 0 saturated carbocycles. The van der Waals surface area contributed by atoms with Crippen LogP contribution >= 0.6 is 0 Å². The second-order valence-corrected chi connectivity index (χ2v) is 7.19. The molecule has 1 atom stereocenters. The van der Waals surface area contributed by atoms with Gasteiger partial charge < -0.3 is 9.29 Å². The molecule has 1 unspecified atom stereocenters. The van der Waals surface area contributed by atoms with E-state index in [1.54, 1.807) is 0 Å².